The van der Waals surface area contributed by atoms with Crippen LogP contribution < -0.4 is 5.32 Å². The molecule has 2 fully saturated rings. The van der Waals surface area contributed by atoms with Crippen LogP contribution in [0.2, 0.25) is 0 Å². The van der Waals surface area contributed by atoms with Gasteiger partial charge in [0, 0.05) is 6.54 Å². The number of hydrogen-bond acceptors (Lipinski definition) is 2. The van der Waals surface area contributed by atoms with Gasteiger partial charge in [-0.05, 0) is 61.6 Å². The van der Waals surface area contributed by atoms with Gasteiger partial charge in [-0.15, -0.1) is 0 Å². The molecule has 1 aromatic carbocycles. The van der Waals surface area contributed by atoms with E-state index in [9.17, 15) is 9.18 Å². The first-order valence-corrected chi connectivity index (χ1v) is 6.92. The highest BCUT2D eigenvalue weighted by atomic mass is 19.1. The van der Waals surface area contributed by atoms with Crippen molar-refractivity contribution in [3.63, 3.8) is 0 Å². The molecule has 3 nitrogen and oxygen atoms in total. The SMILES string of the molecule is O=C(O)c1ccc(NCC(C2CC2)C2CC2)c(F)c1. The predicted molar refractivity (Wildman–Crippen MR) is 70.8 cm³/mol. The molecular weight excluding hydrogens is 245 g/mol. The summed E-state index contributed by atoms with van der Waals surface area (Å²) in [6, 6.07) is 4.04. The smallest absolute Gasteiger partial charge is 0.335 e. The highest BCUT2D eigenvalue weighted by Gasteiger charge is 2.41. The summed E-state index contributed by atoms with van der Waals surface area (Å²) < 4.78 is 13.8. The molecule has 0 saturated heterocycles. The number of aromatic carboxylic acids is 1. The molecule has 19 heavy (non-hydrogen) atoms. The number of benzene rings is 1. The van der Waals surface area contributed by atoms with E-state index in [4.69, 9.17) is 5.11 Å². The normalized spacial score (nSPS) is 18.6. The van der Waals surface area contributed by atoms with Crippen molar-refractivity contribution in [2.75, 3.05) is 11.9 Å². The molecule has 0 spiro atoms. The molecule has 2 saturated carbocycles. The Bertz CT molecular complexity index is 483. The predicted octanol–water partition coefficient (Wildman–Crippen LogP) is 3.37. The number of hydrogen-bond donors (Lipinski definition) is 2. The first-order valence-electron chi connectivity index (χ1n) is 6.92. The quantitative estimate of drug-likeness (QED) is 0.827. The second kappa shape index (κ2) is 4.83. The van der Waals surface area contributed by atoms with E-state index < -0.39 is 11.8 Å². The zero-order valence-corrected chi connectivity index (χ0v) is 10.7. The van der Waals surface area contributed by atoms with Gasteiger partial charge in [0.05, 0.1) is 11.3 Å². The Kier molecular flexibility index (Phi) is 3.17. The zero-order valence-electron chi connectivity index (χ0n) is 10.7. The Hall–Kier alpha value is -1.58. The highest BCUT2D eigenvalue weighted by molar-refractivity contribution is 5.88. The Morgan fingerprint density at radius 1 is 1.32 bits per heavy atom. The topological polar surface area (TPSA) is 49.3 Å². The first kappa shape index (κ1) is 12.5. The number of carboxylic acid groups (broad SMARTS) is 1. The summed E-state index contributed by atoms with van der Waals surface area (Å²) in [5.74, 6) is 0.728. The summed E-state index contributed by atoms with van der Waals surface area (Å²) in [4.78, 5) is 10.7. The lowest BCUT2D eigenvalue weighted by molar-refractivity contribution is 0.0696. The molecule has 1 aromatic rings. The minimum absolute atomic E-state index is 0.0102. The van der Waals surface area contributed by atoms with Gasteiger partial charge in [-0.2, -0.15) is 0 Å². The monoisotopic (exact) mass is 263 g/mol. The molecule has 0 amide bonds. The highest BCUT2D eigenvalue weighted by Crippen LogP contribution is 2.49. The van der Waals surface area contributed by atoms with Crippen molar-refractivity contribution in [1.82, 2.24) is 0 Å². The van der Waals surface area contributed by atoms with Crippen molar-refractivity contribution in [2.24, 2.45) is 17.8 Å². The van der Waals surface area contributed by atoms with Gasteiger partial charge < -0.3 is 10.4 Å². The van der Waals surface area contributed by atoms with E-state index in [0.717, 1.165) is 24.4 Å². The molecule has 2 aliphatic carbocycles. The largest absolute Gasteiger partial charge is 0.478 e. The van der Waals surface area contributed by atoms with Gasteiger partial charge >= 0.3 is 5.97 Å². The van der Waals surface area contributed by atoms with Gasteiger partial charge in [-0.3, -0.25) is 0 Å². The number of nitrogens with one attached hydrogen (secondary N) is 1. The van der Waals surface area contributed by atoms with E-state index in [0.29, 0.717) is 11.6 Å². The van der Waals surface area contributed by atoms with E-state index in [2.05, 4.69) is 5.32 Å². The fourth-order valence-electron chi connectivity index (χ4n) is 2.79. The van der Waals surface area contributed by atoms with Gasteiger partial charge in [0.15, 0.2) is 0 Å². The van der Waals surface area contributed by atoms with Crippen LogP contribution in [0.1, 0.15) is 36.0 Å². The fraction of sp³-hybridized carbons (Fsp3) is 0.533. The van der Waals surface area contributed by atoms with Gasteiger partial charge in [-0.1, -0.05) is 0 Å². The number of carboxylic acids is 1. The van der Waals surface area contributed by atoms with Crippen molar-refractivity contribution in [3.05, 3.63) is 29.6 Å². The molecule has 102 valence electrons. The Morgan fingerprint density at radius 2 is 1.95 bits per heavy atom. The summed E-state index contributed by atoms with van der Waals surface area (Å²) in [5.41, 5.74) is 0.403. The van der Waals surface area contributed by atoms with Gasteiger partial charge in [0.25, 0.3) is 0 Å². The molecule has 0 bridgehead atoms. The summed E-state index contributed by atoms with van der Waals surface area (Å²) in [6.45, 7) is 0.804. The minimum Gasteiger partial charge on any atom is -0.478 e. The maximum atomic E-state index is 13.8. The lowest BCUT2D eigenvalue weighted by Crippen LogP contribution is -2.18. The maximum absolute atomic E-state index is 13.8. The number of anilines is 1. The van der Waals surface area contributed by atoms with E-state index in [-0.39, 0.29) is 5.56 Å². The van der Waals surface area contributed by atoms with Crippen molar-refractivity contribution in [2.45, 2.75) is 25.7 Å². The van der Waals surface area contributed by atoms with Crippen molar-refractivity contribution in [3.8, 4) is 0 Å². The fourth-order valence-corrected chi connectivity index (χ4v) is 2.79. The second-order valence-corrected chi connectivity index (χ2v) is 5.72. The van der Waals surface area contributed by atoms with E-state index in [1.807, 2.05) is 0 Å². The summed E-state index contributed by atoms with van der Waals surface area (Å²) in [7, 11) is 0. The third kappa shape index (κ3) is 2.88. The van der Waals surface area contributed by atoms with Crippen LogP contribution >= 0.6 is 0 Å². The Balaban J connectivity index is 1.64. The maximum Gasteiger partial charge on any atom is 0.335 e. The molecular formula is C15H18FNO2. The first-order chi connectivity index (χ1) is 9.15. The van der Waals surface area contributed by atoms with Gasteiger partial charge in [0.2, 0.25) is 0 Å². The number of halogens is 1. The van der Waals surface area contributed by atoms with Crippen molar-refractivity contribution >= 4 is 11.7 Å². The molecule has 3 rings (SSSR count). The average Bonchev–Trinajstić information content (AvgIpc) is 3.25. The molecule has 0 radical (unpaired) electrons. The molecule has 0 heterocycles. The molecule has 0 atom stereocenters. The van der Waals surface area contributed by atoms with Crippen LogP contribution in [0.25, 0.3) is 0 Å². The zero-order chi connectivity index (χ0) is 13.4. The summed E-state index contributed by atoms with van der Waals surface area (Å²) >= 11 is 0. The number of carbonyl (C=O) groups is 1. The van der Waals surface area contributed by atoms with Gasteiger partial charge in [-0.25, -0.2) is 9.18 Å². The lowest BCUT2D eigenvalue weighted by atomic mass is 9.98. The molecule has 2 aliphatic rings. The van der Waals surface area contributed by atoms with Crippen LogP contribution in [-0.4, -0.2) is 17.6 Å². The van der Waals surface area contributed by atoms with Crippen LogP contribution in [0.5, 0.6) is 0 Å². The van der Waals surface area contributed by atoms with Crippen molar-refractivity contribution in [1.29, 1.82) is 0 Å². The van der Waals surface area contributed by atoms with E-state index in [1.165, 1.54) is 37.8 Å². The molecule has 2 N–H and O–H groups in total. The number of rotatable bonds is 6. The van der Waals surface area contributed by atoms with Crippen LogP contribution in [0.15, 0.2) is 18.2 Å². The van der Waals surface area contributed by atoms with Crippen LogP contribution in [0.4, 0.5) is 10.1 Å². The van der Waals surface area contributed by atoms with Crippen LogP contribution in [-0.2, 0) is 0 Å². The van der Waals surface area contributed by atoms with Gasteiger partial charge in [0.1, 0.15) is 5.82 Å². The van der Waals surface area contributed by atoms with Crippen LogP contribution in [0, 0.1) is 23.6 Å². The molecule has 0 aliphatic heterocycles. The minimum atomic E-state index is -1.10. The van der Waals surface area contributed by atoms with Crippen LogP contribution in [0.3, 0.4) is 0 Å². The third-order valence-electron chi connectivity index (χ3n) is 4.20. The van der Waals surface area contributed by atoms with E-state index in [1.54, 1.807) is 0 Å². The molecule has 0 aromatic heterocycles. The molecule has 4 heteroatoms. The summed E-state index contributed by atoms with van der Waals surface area (Å²) in [6.07, 6.45) is 5.24. The Labute approximate surface area is 111 Å². The van der Waals surface area contributed by atoms with E-state index >= 15 is 0 Å². The average molecular weight is 263 g/mol. The molecule has 0 unspecified atom stereocenters. The Morgan fingerprint density at radius 3 is 2.42 bits per heavy atom. The van der Waals surface area contributed by atoms with Crippen molar-refractivity contribution < 1.29 is 14.3 Å². The standard InChI is InChI=1S/C15H18FNO2/c16-13-7-11(15(18)19)5-6-14(13)17-8-12(9-1-2-9)10-3-4-10/h5-7,9-10,12,17H,1-4,8H2,(H,18,19). The summed E-state index contributed by atoms with van der Waals surface area (Å²) in [5, 5.41) is 11.9. The lowest BCUT2D eigenvalue weighted by Gasteiger charge is -2.17. The second-order valence-electron chi connectivity index (χ2n) is 5.72. The third-order valence-corrected chi connectivity index (χ3v) is 4.20.